The van der Waals surface area contributed by atoms with Gasteiger partial charge >= 0.3 is 11.9 Å². The molecule has 7 rings (SSSR count). The molecule has 1 unspecified atom stereocenters. The van der Waals surface area contributed by atoms with Gasteiger partial charge in [-0.05, 0) is 62.1 Å². The normalized spacial score (nSPS) is 34.1. The Balaban J connectivity index is 1.30. The number of aryl methyl sites for hydroxylation is 1. The van der Waals surface area contributed by atoms with E-state index in [4.69, 9.17) is 24.0 Å². The summed E-state index contributed by atoms with van der Waals surface area (Å²) in [6.07, 6.45) is 3.65. The summed E-state index contributed by atoms with van der Waals surface area (Å²) in [4.78, 5) is 54.4. The van der Waals surface area contributed by atoms with Crippen molar-refractivity contribution >= 4 is 28.7 Å². The van der Waals surface area contributed by atoms with E-state index in [9.17, 15) is 19.5 Å². The number of nitrogens with one attached hydrogen (secondary N) is 2. The Morgan fingerprint density at radius 3 is 2.79 bits per heavy atom. The topological polar surface area (TPSA) is 145 Å². The number of aliphatic carboxylic acids is 1. The number of ether oxygens (including phenoxy) is 3. The Hall–Kier alpha value is -2.99. The fourth-order valence-electron chi connectivity index (χ4n) is 8.08. The monoisotopic (exact) mass is 584 g/mol. The molecule has 11 nitrogen and oxygen atoms in total. The molecule has 1 saturated carbocycles. The molecule has 5 fully saturated rings. The van der Waals surface area contributed by atoms with E-state index in [1.165, 1.54) is 7.11 Å². The maximum atomic E-state index is 14.2. The lowest BCUT2D eigenvalue weighted by Crippen LogP contribution is -2.71. The summed E-state index contributed by atoms with van der Waals surface area (Å²) in [6.45, 7) is 5.59. The molecule has 4 aliphatic heterocycles. The van der Waals surface area contributed by atoms with Gasteiger partial charge in [-0.25, -0.2) is 14.6 Å². The lowest BCUT2D eigenvalue weighted by molar-refractivity contribution is -0.543. The molecule has 1 aromatic carbocycles. The molecule has 1 amide bonds. The van der Waals surface area contributed by atoms with Crippen LogP contribution in [-0.4, -0.2) is 65.4 Å². The number of carboxylic acid groups (broad SMARTS) is 1. The van der Waals surface area contributed by atoms with E-state index in [0.717, 1.165) is 47.7 Å². The molecule has 9 atom stereocenters. The number of esters is 1. The second-order valence-electron chi connectivity index (χ2n) is 12.8. The van der Waals surface area contributed by atoms with Crippen LogP contribution in [0.15, 0.2) is 24.4 Å². The number of fused-ring (bicyclic) bond motifs is 3. The fourth-order valence-corrected chi connectivity index (χ4v) is 8.08. The largest absolute Gasteiger partial charge is 0.481 e. The highest BCUT2D eigenvalue weighted by Crippen LogP contribution is 2.59. The minimum absolute atomic E-state index is 0.0638. The summed E-state index contributed by atoms with van der Waals surface area (Å²) >= 11 is 0. The minimum Gasteiger partial charge on any atom is -0.481 e. The molecule has 11 heteroatoms. The van der Waals surface area contributed by atoms with Gasteiger partial charge in [0.05, 0.1) is 25.0 Å². The maximum Gasteiger partial charge on any atom is 0.328 e. The SMILES string of the molecule is COC(=O)[C@H](Cc1c[nH]c2cc(C)ccc12)NC(=O)[C@](C)(CC(=O)O)[C@H]1O[C@@H]2OC3CC[C@@H]4CCC[C@@H]([C@H]1C)[C@]42OO3. The van der Waals surface area contributed by atoms with Gasteiger partial charge < -0.3 is 29.6 Å². The molecule has 1 aliphatic carbocycles. The Bertz CT molecular complexity index is 1380. The van der Waals surface area contributed by atoms with Gasteiger partial charge in [-0.2, -0.15) is 0 Å². The van der Waals surface area contributed by atoms with Crippen LogP contribution < -0.4 is 5.32 Å². The van der Waals surface area contributed by atoms with Gasteiger partial charge in [-0.3, -0.25) is 9.59 Å². The highest BCUT2D eigenvalue weighted by molar-refractivity contribution is 5.91. The number of hydrogen-bond acceptors (Lipinski definition) is 8. The molecule has 5 aliphatic rings. The van der Waals surface area contributed by atoms with Crippen molar-refractivity contribution in [3.05, 3.63) is 35.5 Å². The van der Waals surface area contributed by atoms with Crippen molar-refractivity contribution < 1.29 is 43.5 Å². The number of rotatable bonds is 8. The third-order valence-corrected chi connectivity index (χ3v) is 10.2. The van der Waals surface area contributed by atoms with E-state index in [1.54, 1.807) is 6.92 Å². The molecule has 2 bridgehead atoms. The van der Waals surface area contributed by atoms with Crippen LogP contribution in [0.4, 0.5) is 0 Å². The van der Waals surface area contributed by atoms with Gasteiger partial charge in [-0.15, -0.1) is 0 Å². The van der Waals surface area contributed by atoms with E-state index in [0.29, 0.717) is 6.42 Å². The number of carbonyl (C=O) groups is 3. The molecule has 1 spiro atoms. The molecular weight excluding hydrogens is 544 g/mol. The van der Waals surface area contributed by atoms with Crippen LogP contribution in [0.1, 0.15) is 63.5 Å². The Morgan fingerprint density at radius 2 is 2.02 bits per heavy atom. The summed E-state index contributed by atoms with van der Waals surface area (Å²) < 4.78 is 17.9. The van der Waals surface area contributed by atoms with Gasteiger partial charge in [0.2, 0.25) is 5.91 Å². The molecule has 0 radical (unpaired) electrons. The van der Waals surface area contributed by atoms with Gasteiger partial charge in [0, 0.05) is 35.9 Å². The number of methoxy groups -OCH3 is 1. The van der Waals surface area contributed by atoms with Crippen LogP contribution in [-0.2, 0) is 44.8 Å². The second-order valence-corrected chi connectivity index (χ2v) is 12.8. The predicted octanol–water partition coefficient (Wildman–Crippen LogP) is 3.77. The zero-order chi connectivity index (χ0) is 29.8. The van der Waals surface area contributed by atoms with Crippen LogP contribution >= 0.6 is 0 Å². The maximum absolute atomic E-state index is 14.2. The lowest BCUT2D eigenvalue weighted by Gasteiger charge is -2.60. The van der Waals surface area contributed by atoms with Crippen LogP contribution in [0.5, 0.6) is 0 Å². The second kappa shape index (κ2) is 10.9. The van der Waals surface area contributed by atoms with Gasteiger partial charge in [0.1, 0.15) is 6.04 Å². The third kappa shape index (κ3) is 4.70. The van der Waals surface area contributed by atoms with E-state index >= 15 is 0 Å². The first kappa shape index (κ1) is 29.1. The van der Waals surface area contributed by atoms with Crippen LogP contribution in [0, 0.1) is 30.1 Å². The average Bonchev–Trinajstić information content (AvgIpc) is 3.16. The van der Waals surface area contributed by atoms with Crippen molar-refractivity contribution in [3.63, 3.8) is 0 Å². The number of benzene rings is 1. The van der Waals surface area contributed by atoms with Crippen molar-refractivity contribution in [2.45, 2.75) is 96.0 Å². The smallest absolute Gasteiger partial charge is 0.328 e. The minimum atomic E-state index is -1.53. The van der Waals surface area contributed by atoms with E-state index < -0.39 is 60.0 Å². The molecule has 42 heavy (non-hydrogen) atoms. The van der Waals surface area contributed by atoms with Gasteiger partial charge in [0.15, 0.2) is 18.2 Å². The van der Waals surface area contributed by atoms with Gasteiger partial charge in [0.25, 0.3) is 0 Å². The fraction of sp³-hybridized carbons (Fsp3) is 0.645. The summed E-state index contributed by atoms with van der Waals surface area (Å²) in [6, 6.07) is 4.92. The number of H-pyrrole nitrogens is 1. The van der Waals surface area contributed by atoms with Gasteiger partial charge in [-0.1, -0.05) is 25.5 Å². The number of aromatic nitrogens is 1. The molecule has 3 N–H and O–H groups in total. The molecule has 2 aromatic rings. The number of aromatic amines is 1. The first-order valence-electron chi connectivity index (χ1n) is 14.9. The standard InChI is InChI=1S/C31H40N2O9/c1-16-8-10-20-18(15-32-22(20)12-16)13-23(27(36)38-4)33-28(37)30(3,14-24(34)35)26-17(2)21-7-5-6-19-9-11-25-39-29(40-26)31(19,21)42-41-25/h8,10,12,15,17,19,21,23,25-26,29,32H,5-7,9,11,13-14H2,1-4H3,(H,33,37)(H,34,35)/t17-,19+,21+,23+,25?,26+,29+,30-,31-/m1/s1. The predicted molar refractivity (Wildman–Crippen MR) is 149 cm³/mol. The summed E-state index contributed by atoms with van der Waals surface area (Å²) in [5.74, 6) is -2.49. The molecule has 228 valence electrons. The van der Waals surface area contributed by atoms with Crippen molar-refractivity contribution in [2.24, 2.45) is 23.2 Å². The first-order chi connectivity index (χ1) is 20.1. The summed E-state index contributed by atoms with van der Waals surface area (Å²) in [7, 11) is 1.27. The van der Waals surface area contributed by atoms with Crippen LogP contribution in [0.25, 0.3) is 10.9 Å². The highest BCUT2D eigenvalue weighted by atomic mass is 17.2. The van der Waals surface area contributed by atoms with Crippen molar-refractivity contribution in [1.29, 1.82) is 0 Å². The van der Waals surface area contributed by atoms with Crippen LogP contribution in [0.2, 0.25) is 0 Å². The van der Waals surface area contributed by atoms with Crippen LogP contribution in [0.3, 0.4) is 0 Å². The van der Waals surface area contributed by atoms with E-state index in [1.807, 2.05) is 38.2 Å². The lowest BCUT2D eigenvalue weighted by atomic mass is 9.57. The zero-order valence-electron chi connectivity index (χ0n) is 24.5. The Kier molecular flexibility index (Phi) is 7.57. The highest BCUT2D eigenvalue weighted by Gasteiger charge is 2.68. The summed E-state index contributed by atoms with van der Waals surface area (Å²) in [5, 5.41) is 13.8. The number of carboxylic acids is 1. The van der Waals surface area contributed by atoms with Crippen molar-refractivity contribution in [2.75, 3.05) is 7.11 Å². The number of amides is 1. The van der Waals surface area contributed by atoms with E-state index in [2.05, 4.69) is 10.3 Å². The Labute approximate surface area is 244 Å². The van der Waals surface area contributed by atoms with Crippen molar-refractivity contribution in [1.82, 2.24) is 10.3 Å². The molecule has 4 saturated heterocycles. The first-order valence-corrected chi connectivity index (χ1v) is 14.9. The number of carbonyl (C=O) groups excluding carboxylic acids is 2. The van der Waals surface area contributed by atoms with E-state index in [-0.39, 0.29) is 24.2 Å². The molecular formula is C31H40N2O9. The molecule has 5 heterocycles. The third-order valence-electron chi connectivity index (χ3n) is 10.2. The Morgan fingerprint density at radius 1 is 1.21 bits per heavy atom. The average molecular weight is 585 g/mol. The van der Waals surface area contributed by atoms with Crippen molar-refractivity contribution in [3.8, 4) is 0 Å². The number of hydrogen-bond donors (Lipinski definition) is 3. The quantitative estimate of drug-likeness (QED) is 0.312. The molecule has 1 aromatic heterocycles. The zero-order valence-corrected chi connectivity index (χ0v) is 24.5. The summed E-state index contributed by atoms with van der Waals surface area (Å²) in [5.41, 5.74) is 0.513.